The van der Waals surface area contributed by atoms with E-state index in [1.807, 2.05) is 0 Å². The lowest BCUT2D eigenvalue weighted by Gasteiger charge is -2.28. The summed E-state index contributed by atoms with van der Waals surface area (Å²) in [6.07, 6.45) is 3.28. The minimum absolute atomic E-state index is 0.0544. The fraction of sp³-hybridized carbons (Fsp3) is 0.667. The van der Waals surface area contributed by atoms with E-state index in [2.05, 4.69) is 55.3 Å². The minimum Gasteiger partial charge on any atom is -0.351 e. The molecular formula is C21H32N2O3S. The largest absolute Gasteiger partial charge is 0.351 e. The average molecular weight is 393 g/mol. The summed E-state index contributed by atoms with van der Waals surface area (Å²) in [4.78, 5) is 14.7. The summed E-state index contributed by atoms with van der Waals surface area (Å²) in [6.45, 7) is 8.42. The molecule has 0 bridgehead atoms. The lowest BCUT2D eigenvalue weighted by atomic mass is 9.86. The molecule has 27 heavy (non-hydrogen) atoms. The summed E-state index contributed by atoms with van der Waals surface area (Å²) in [7, 11) is -3.07. The van der Waals surface area contributed by atoms with Gasteiger partial charge in [0.2, 0.25) is 5.91 Å². The van der Waals surface area contributed by atoms with Crippen LogP contribution < -0.4 is 5.32 Å². The lowest BCUT2D eigenvalue weighted by Crippen LogP contribution is -2.50. The molecule has 0 saturated carbocycles. The number of benzene rings is 1. The maximum atomic E-state index is 12.4. The number of nitrogens with one attached hydrogen (secondary N) is 1. The van der Waals surface area contributed by atoms with Crippen LogP contribution >= 0.6 is 0 Å². The Hall–Kier alpha value is -1.40. The summed E-state index contributed by atoms with van der Waals surface area (Å²) in [5.74, 6) is 0.188. The molecule has 0 aromatic heterocycles. The number of carbonyl (C=O) groups excluding carboxylic acids is 1. The Morgan fingerprint density at radius 3 is 2.33 bits per heavy atom. The van der Waals surface area contributed by atoms with Crippen LogP contribution in [0.5, 0.6) is 0 Å². The van der Waals surface area contributed by atoms with Crippen molar-refractivity contribution < 1.29 is 13.2 Å². The number of sulfone groups is 1. The number of hydrogen-bond acceptors (Lipinski definition) is 4. The molecule has 1 aromatic rings. The molecule has 5 nitrogen and oxygen atoms in total. The summed E-state index contributed by atoms with van der Waals surface area (Å²) in [5, 5.41) is 3.01. The molecule has 150 valence electrons. The molecule has 2 unspecified atom stereocenters. The number of rotatable bonds is 5. The van der Waals surface area contributed by atoms with E-state index in [0.29, 0.717) is 12.8 Å². The van der Waals surface area contributed by atoms with Crippen molar-refractivity contribution in [3.63, 3.8) is 0 Å². The van der Waals surface area contributed by atoms with E-state index in [9.17, 15) is 13.2 Å². The number of amides is 1. The Balaban J connectivity index is 1.55. The van der Waals surface area contributed by atoms with Crippen molar-refractivity contribution in [2.45, 2.75) is 64.0 Å². The van der Waals surface area contributed by atoms with Gasteiger partial charge in [-0.1, -0.05) is 45.0 Å². The molecule has 1 N–H and O–H groups in total. The van der Waals surface area contributed by atoms with Crippen LogP contribution in [0, 0.1) is 0 Å². The van der Waals surface area contributed by atoms with Crippen molar-refractivity contribution >= 4 is 15.7 Å². The number of aryl methyl sites for hydroxylation is 1. The summed E-state index contributed by atoms with van der Waals surface area (Å²) in [6, 6.07) is 8.08. The molecule has 2 fully saturated rings. The topological polar surface area (TPSA) is 66.5 Å². The van der Waals surface area contributed by atoms with E-state index >= 15 is 0 Å². The molecule has 2 atom stereocenters. The third-order valence-corrected chi connectivity index (χ3v) is 7.46. The number of carbonyl (C=O) groups is 1. The molecule has 0 radical (unpaired) electrons. The van der Waals surface area contributed by atoms with E-state index in [1.54, 1.807) is 0 Å². The van der Waals surface area contributed by atoms with Crippen LogP contribution in [0.2, 0.25) is 0 Å². The van der Waals surface area contributed by atoms with E-state index in [4.69, 9.17) is 0 Å². The maximum absolute atomic E-state index is 12.4. The Morgan fingerprint density at radius 2 is 1.74 bits per heavy atom. The van der Waals surface area contributed by atoms with Gasteiger partial charge >= 0.3 is 0 Å². The van der Waals surface area contributed by atoms with Gasteiger partial charge in [0.15, 0.2) is 9.84 Å². The first-order chi connectivity index (χ1) is 12.6. The van der Waals surface area contributed by atoms with Gasteiger partial charge in [-0.2, -0.15) is 0 Å². The maximum Gasteiger partial charge on any atom is 0.220 e. The van der Waals surface area contributed by atoms with Gasteiger partial charge in [0, 0.05) is 12.5 Å². The van der Waals surface area contributed by atoms with Gasteiger partial charge in [0.25, 0.3) is 0 Å². The molecule has 2 saturated heterocycles. The molecule has 0 aliphatic carbocycles. The highest BCUT2D eigenvalue weighted by molar-refractivity contribution is 7.91. The van der Waals surface area contributed by atoms with Crippen LogP contribution in [0.25, 0.3) is 0 Å². The normalized spacial score (nSPS) is 25.6. The van der Waals surface area contributed by atoms with Crippen molar-refractivity contribution in [3.05, 3.63) is 35.4 Å². The first-order valence-electron chi connectivity index (χ1n) is 9.97. The molecule has 1 aromatic carbocycles. The third-order valence-electron chi connectivity index (χ3n) is 5.74. The van der Waals surface area contributed by atoms with Crippen LogP contribution in [0.3, 0.4) is 0 Å². The first kappa shape index (κ1) is 20.3. The predicted molar refractivity (Wildman–Crippen MR) is 109 cm³/mol. The molecular weight excluding hydrogens is 360 g/mol. The van der Waals surface area contributed by atoms with Crippen molar-refractivity contribution in [2.75, 3.05) is 24.6 Å². The fourth-order valence-corrected chi connectivity index (χ4v) is 6.06. The van der Waals surface area contributed by atoms with Crippen molar-refractivity contribution in [3.8, 4) is 0 Å². The predicted octanol–water partition coefficient (Wildman–Crippen LogP) is 2.29. The van der Waals surface area contributed by atoms with E-state index in [1.165, 1.54) is 5.56 Å². The average Bonchev–Trinajstić information content (AvgIpc) is 3.20. The van der Waals surface area contributed by atoms with E-state index in [-0.39, 0.29) is 34.9 Å². The number of likely N-dealkylation sites (tertiary alicyclic amines) is 1. The second kappa shape index (κ2) is 7.92. The van der Waals surface area contributed by atoms with Crippen LogP contribution in [-0.4, -0.2) is 55.9 Å². The van der Waals surface area contributed by atoms with E-state index in [0.717, 1.165) is 31.5 Å². The summed E-state index contributed by atoms with van der Waals surface area (Å²) >= 11 is 0. The summed E-state index contributed by atoms with van der Waals surface area (Å²) in [5.41, 5.74) is 2.53. The van der Waals surface area contributed by atoms with Gasteiger partial charge < -0.3 is 5.32 Å². The standard InChI is InChI=1S/C21H32N2O3S/c1-21(2,3)17-9-6-16(7-10-17)8-11-20(24)22-18-14-27(25,26)15-19(18)23-12-4-5-13-23/h6-7,9-10,18-19H,4-5,8,11-15H2,1-3H3,(H,22,24). The molecule has 2 heterocycles. The van der Waals surface area contributed by atoms with Crippen molar-refractivity contribution in [1.29, 1.82) is 0 Å². The third kappa shape index (κ3) is 5.32. The minimum atomic E-state index is -3.07. The molecule has 6 heteroatoms. The second-order valence-corrected chi connectivity index (χ2v) is 11.2. The Kier molecular flexibility index (Phi) is 5.96. The molecule has 0 spiro atoms. The van der Waals surface area contributed by atoms with E-state index < -0.39 is 9.84 Å². The highest BCUT2D eigenvalue weighted by Crippen LogP contribution is 2.24. The van der Waals surface area contributed by atoms with Crippen LogP contribution in [-0.2, 0) is 26.5 Å². The lowest BCUT2D eigenvalue weighted by molar-refractivity contribution is -0.121. The first-order valence-corrected chi connectivity index (χ1v) is 11.8. The van der Waals surface area contributed by atoms with Crippen LogP contribution in [0.15, 0.2) is 24.3 Å². The Morgan fingerprint density at radius 1 is 1.11 bits per heavy atom. The second-order valence-electron chi connectivity index (χ2n) is 9.01. The van der Waals surface area contributed by atoms with Gasteiger partial charge in [-0.3, -0.25) is 9.69 Å². The highest BCUT2D eigenvalue weighted by atomic mass is 32.2. The Bertz CT molecular complexity index is 760. The monoisotopic (exact) mass is 392 g/mol. The zero-order chi connectivity index (χ0) is 19.7. The summed E-state index contributed by atoms with van der Waals surface area (Å²) < 4.78 is 24.2. The van der Waals surface area contributed by atoms with Crippen LogP contribution in [0.4, 0.5) is 0 Å². The molecule has 1 amide bonds. The van der Waals surface area contributed by atoms with Crippen molar-refractivity contribution in [1.82, 2.24) is 10.2 Å². The van der Waals surface area contributed by atoms with Gasteiger partial charge in [-0.25, -0.2) is 8.42 Å². The van der Waals surface area contributed by atoms with Crippen LogP contribution in [0.1, 0.15) is 51.2 Å². The zero-order valence-electron chi connectivity index (χ0n) is 16.7. The fourth-order valence-electron chi connectivity index (χ4n) is 4.11. The van der Waals surface area contributed by atoms with Crippen molar-refractivity contribution in [2.24, 2.45) is 0 Å². The molecule has 3 rings (SSSR count). The van der Waals surface area contributed by atoms with Gasteiger partial charge in [0.1, 0.15) is 0 Å². The smallest absolute Gasteiger partial charge is 0.220 e. The number of hydrogen-bond donors (Lipinski definition) is 1. The molecule has 2 aliphatic heterocycles. The molecule has 2 aliphatic rings. The zero-order valence-corrected chi connectivity index (χ0v) is 17.5. The number of nitrogens with zero attached hydrogens (tertiary/aromatic N) is 1. The highest BCUT2D eigenvalue weighted by Gasteiger charge is 2.42. The van der Waals surface area contributed by atoms with Gasteiger partial charge in [0.05, 0.1) is 17.5 Å². The Labute approximate surface area is 163 Å². The van der Waals surface area contributed by atoms with Gasteiger partial charge in [-0.05, 0) is 48.9 Å². The quantitative estimate of drug-likeness (QED) is 0.835. The SMILES string of the molecule is CC(C)(C)c1ccc(CCC(=O)NC2CS(=O)(=O)CC2N2CCCC2)cc1. The van der Waals surface area contributed by atoms with Gasteiger partial charge in [-0.15, -0.1) is 0 Å².